The van der Waals surface area contributed by atoms with E-state index < -0.39 is 6.72 Å². The highest BCUT2D eigenvalue weighted by Gasteiger charge is 2.15. The van der Waals surface area contributed by atoms with E-state index in [0.717, 1.165) is 12.8 Å². The largest absolute Gasteiger partial charge is 0.356 e. The van der Waals surface area contributed by atoms with Gasteiger partial charge in [0.1, 0.15) is 0 Å². The van der Waals surface area contributed by atoms with Crippen LogP contribution in [0, 0.1) is 0 Å². The van der Waals surface area contributed by atoms with E-state index in [2.05, 4.69) is 11.8 Å². The van der Waals surface area contributed by atoms with E-state index in [1.807, 2.05) is 13.8 Å². The second-order valence-corrected chi connectivity index (χ2v) is 4.87. The number of hydrogen-bond acceptors (Lipinski definition) is 3. The Morgan fingerprint density at radius 3 is 1.82 bits per heavy atom. The fourth-order valence-corrected chi connectivity index (χ4v) is 1.78. The summed E-state index contributed by atoms with van der Waals surface area (Å²) in [6.45, 7) is 1.52. The third-order valence-electron chi connectivity index (χ3n) is 0.907. The van der Waals surface area contributed by atoms with Crippen LogP contribution in [0.1, 0.15) is 26.7 Å². The van der Waals surface area contributed by atoms with Gasteiger partial charge in [-0.3, -0.25) is 0 Å². The SMILES string of the molecule is CCCOP([O])(=S)OCCC. The van der Waals surface area contributed by atoms with Gasteiger partial charge in [-0.1, -0.05) is 13.8 Å². The van der Waals surface area contributed by atoms with Crippen molar-refractivity contribution in [2.75, 3.05) is 13.2 Å². The van der Waals surface area contributed by atoms with Crippen molar-refractivity contribution in [3.8, 4) is 0 Å². The second-order valence-electron chi connectivity index (χ2n) is 2.11. The molecule has 0 fully saturated rings. The first kappa shape index (κ1) is 11.5. The topological polar surface area (TPSA) is 38.4 Å². The zero-order valence-corrected chi connectivity index (χ0v) is 8.62. The lowest BCUT2D eigenvalue weighted by molar-refractivity contribution is 0.176. The first-order valence-corrected chi connectivity index (χ1v) is 6.28. The molecule has 0 saturated heterocycles. The predicted molar refractivity (Wildman–Crippen MR) is 47.5 cm³/mol. The van der Waals surface area contributed by atoms with Crippen LogP contribution >= 0.6 is 6.72 Å². The quantitative estimate of drug-likeness (QED) is 0.614. The van der Waals surface area contributed by atoms with Crippen molar-refractivity contribution >= 4 is 18.5 Å². The lowest BCUT2D eigenvalue weighted by Crippen LogP contribution is -1.95. The lowest BCUT2D eigenvalue weighted by Gasteiger charge is -2.11. The van der Waals surface area contributed by atoms with Crippen LogP contribution in [0.4, 0.5) is 0 Å². The van der Waals surface area contributed by atoms with Gasteiger partial charge in [0.05, 0.1) is 13.2 Å². The summed E-state index contributed by atoms with van der Waals surface area (Å²) in [7, 11) is 0. The highest BCUT2D eigenvalue weighted by atomic mass is 32.5. The molecule has 0 unspecified atom stereocenters. The second kappa shape index (κ2) is 6.09. The Morgan fingerprint density at radius 2 is 1.55 bits per heavy atom. The molecule has 0 amide bonds. The van der Waals surface area contributed by atoms with Crippen molar-refractivity contribution in [3.05, 3.63) is 0 Å². The van der Waals surface area contributed by atoms with E-state index in [-0.39, 0.29) is 0 Å². The van der Waals surface area contributed by atoms with Crippen LogP contribution in [-0.2, 0) is 25.7 Å². The van der Waals surface area contributed by atoms with Crippen LogP contribution in [0.5, 0.6) is 0 Å². The van der Waals surface area contributed by atoms with E-state index in [0.29, 0.717) is 13.2 Å². The molecule has 0 aliphatic heterocycles. The molecule has 0 saturated carbocycles. The summed E-state index contributed by atoms with van der Waals surface area (Å²) in [6, 6.07) is 0. The first-order valence-electron chi connectivity index (χ1n) is 3.72. The Labute approximate surface area is 73.0 Å². The van der Waals surface area contributed by atoms with Crippen molar-refractivity contribution in [2.24, 2.45) is 0 Å². The van der Waals surface area contributed by atoms with Gasteiger partial charge in [0.2, 0.25) is 0 Å². The predicted octanol–water partition coefficient (Wildman–Crippen LogP) is 2.49. The average Bonchev–Trinajstić information content (AvgIpc) is 1.97. The van der Waals surface area contributed by atoms with E-state index in [1.54, 1.807) is 0 Å². The van der Waals surface area contributed by atoms with E-state index in [9.17, 15) is 4.89 Å². The molecule has 0 atom stereocenters. The fraction of sp³-hybridized carbons (Fsp3) is 1.00. The maximum atomic E-state index is 11.1. The summed E-state index contributed by atoms with van der Waals surface area (Å²) in [5, 5.41) is 0. The smallest absolute Gasteiger partial charge is 0.307 e. The van der Waals surface area contributed by atoms with Crippen LogP contribution in [0.25, 0.3) is 0 Å². The maximum Gasteiger partial charge on any atom is 0.356 e. The zero-order chi connectivity index (χ0) is 8.74. The van der Waals surface area contributed by atoms with Gasteiger partial charge in [-0.2, -0.15) is 0 Å². The molecule has 0 aromatic carbocycles. The molecule has 0 aromatic rings. The van der Waals surface area contributed by atoms with Gasteiger partial charge in [-0.15, -0.1) is 4.89 Å². The third-order valence-corrected chi connectivity index (χ3v) is 2.54. The van der Waals surface area contributed by atoms with Crippen molar-refractivity contribution in [1.82, 2.24) is 0 Å². The van der Waals surface area contributed by atoms with Gasteiger partial charge in [-0.05, 0) is 24.6 Å². The van der Waals surface area contributed by atoms with E-state index >= 15 is 0 Å². The number of hydrogen-bond donors (Lipinski definition) is 0. The van der Waals surface area contributed by atoms with Crippen LogP contribution in [0.3, 0.4) is 0 Å². The number of rotatable bonds is 6. The molecule has 0 aliphatic rings. The summed E-state index contributed by atoms with van der Waals surface area (Å²) in [5.41, 5.74) is 0. The van der Waals surface area contributed by atoms with Gasteiger partial charge in [-0.25, -0.2) is 0 Å². The van der Waals surface area contributed by atoms with E-state index in [1.165, 1.54) is 0 Å². The van der Waals surface area contributed by atoms with Crippen molar-refractivity contribution in [1.29, 1.82) is 0 Å². The van der Waals surface area contributed by atoms with Crippen molar-refractivity contribution < 1.29 is 13.9 Å². The molecule has 1 radical (unpaired) electrons. The van der Waals surface area contributed by atoms with Gasteiger partial charge in [0, 0.05) is 0 Å². The zero-order valence-electron chi connectivity index (χ0n) is 6.91. The molecule has 0 bridgehead atoms. The highest BCUT2D eigenvalue weighted by Crippen LogP contribution is 2.44. The Morgan fingerprint density at radius 1 is 1.18 bits per heavy atom. The molecule has 0 aromatic heterocycles. The molecule has 11 heavy (non-hydrogen) atoms. The monoisotopic (exact) mass is 197 g/mol. The molecule has 0 spiro atoms. The summed E-state index contributed by atoms with van der Waals surface area (Å²) >= 11 is 4.59. The first-order chi connectivity index (χ1) is 5.12. The molecule has 3 nitrogen and oxygen atoms in total. The molecule has 0 rings (SSSR count). The Balaban J connectivity index is 3.53. The summed E-state index contributed by atoms with van der Waals surface area (Å²) in [4.78, 5) is 11.1. The summed E-state index contributed by atoms with van der Waals surface area (Å²) in [5.74, 6) is 0. The van der Waals surface area contributed by atoms with E-state index in [4.69, 9.17) is 9.05 Å². The lowest BCUT2D eigenvalue weighted by atomic mass is 10.5. The van der Waals surface area contributed by atoms with Crippen LogP contribution in [0.2, 0.25) is 0 Å². The standard InChI is InChI=1S/C6H14O3PS/c1-3-5-8-10(7,11)9-6-4-2/h3-6H2,1-2H3. The van der Waals surface area contributed by atoms with Crippen LogP contribution in [0.15, 0.2) is 0 Å². The Bertz CT molecular complexity index is 128. The normalized spacial score (nSPS) is 11.9. The molecule has 5 heteroatoms. The van der Waals surface area contributed by atoms with Crippen LogP contribution in [-0.4, -0.2) is 13.2 Å². The third kappa shape index (κ3) is 6.91. The average molecular weight is 197 g/mol. The van der Waals surface area contributed by atoms with Crippen molar-refractivity contribution in [2.45, 2.75) is 26.7 Å². The minimum absolute atomic E-state index is 0.407. The minimum Gasteiger partial charge on any atom is -0.307 e. The van der Waals surface area contributed by atoms with Gasteiger partial charge >= 0.3 is 6.72 Å². The fourth-order valence-electron chi connectivity index (χ4n) is 0.443. The molecule has 67 valence electrons. The molecule has 0 N–H and O–H groups in total. The summed E-state index contributed by atoms with van der Waals surface area (Å²) < 4.78 is 9.66. The molecule has 0 heterocycles. The molecular formula is C6H14O3PS. The maximum absolute atomic E-state index is 11.1. The van der Waals surface area contributed by atoms with Crippen molar-refractivity contribution in [3.63, 3.8) is 0 Å². The molecular weight excluding hydrogens is 183 g/mol. The summed E-state index contributed by atoms with van der Waals surface area (Å²) in [6.07, 6.45) is 1.60. The van der Waals surface area contributed by atoms with Gasteiger partial charge in [0.15, 0.2) is 0 Å². The Kier molecular flexibility index (Phi) is 6.38. The van der Waals surface area contributed by atoms with Gasteiger partial charge in [0.25, 0.3) is 0 Å². The molecule has 0 aliphatic carbocycles. The minimum atomic E-state index is -3.14. The highest BCUT2D eigenvalue weighted by molar-refractivity contribution is 8.07. The Hall–Kier alpha value is 0.530. The van der Waals surface area contributed by atoms with Gasteiger partial charge < -0.3 is 9.05 Å². The van der Waals surface area contributed by atoms with Crippen LogP contribution < -0.4 is 0 Å².